The number of carbonyl (C=O) groups excluding carboxylic acids is 1. The topological polar surface area (TPSA) is 64.9 Å². The zero-order chi connectivity index (χ0) is 12.0. The summed E-state index contributed by atoms with van der Waals surface area (Å²) in [5, 5.41) is 13.4. The van der Waals surface area contributed by atoms with E-state index in [1.54, 1.807) is 12.1 Å². The molecule has 1 rings (SSSR count). The fourth-order valence-corrected chi connectivity index (χ4v) is 1.16. The Kier molecular flexibility index (Phi) is 4.28. The molecule has 1 aromatic carbocycles. The first kappa shape index (κ1) is 12.0. The maximum Gasteiger partial charge on any atom is 0.240 e. The van der Waals surface area contributed by atoms with Crippen molar-refractivity contribution in [3.8, 4) is 6.07 Å². The molecule has 0 aromatic heterocycles. The first-order chi connectivity index (χ1) is 7.63. The van der Waals surface area contributed by atoms with Gasteiger partial charge in [0.2, 0.25) is 5.91 Å². The third-order valence-corrected chi connectivity index (χ3v) is 2.00. The van der Waals surface area contributed by atoms with Crippen molar-refractivity contribution < 1.29 is 9.18 Å². The van der Waals surface area contributed by atoms with E-state index in [0.29, 0.717) is 5.69 Å². The average Bonchev–Trinajstić information content (AvgIpc) is 2.27. The lowest BCUT2D eigenvalue weighted by atomic mass is 10.2. The van der Waals surface area contributed by atoms with Crippen molar-refractivity contribution in [2.75, 3.05) is 18.4 Å². The number of benzene rings is 1. The summed E-state index contributed by atoms with van der Waals surface area (Å²) in [6.45, 7) is 1.81. The molecule has 0 aliphatic rings. The van der Waals surface area contributed by atoms with Crippen molar-refractivity contribution in [1.82, 2.24) is 5.32 Å². The molecule has 0 aliphatic heterocycles. The third kappa shape index (κ3) is 3.58. The van der Waals surface area contributed by atoms with Crippen LogP contribution in [-0.4, -0.2) is 19.0 Å². The highest BCUT2D eigenvalue weighted by molar-refractivity contribution is 5.81. The summed E-state index contributed by atoms with van der Waals surface area (Å²) in [5.74, 6) is -0.657. The number of aryl methyl sites for hydroxylation is 1. The number of amides is 1. The normalized spacial score (nSPS) is 9.31. The van der Waals surface area contributed by atoms with Crippen molar-refractivity contribution >= 4 is 11.6 Å². The van der Waals surface area contributed by atoms with Gasteiger partial charge >= 0.3 is 0 Å². The highest BCUT2D eigenvalue weighted by Crippen LogP contribution is 2.15. The van der Waals surface area contributed by atoms with E-state index in [1.165, 1.54) is 12.1 Å². The summed E-state index contributed by atoms with van der Waals surface area (Å²) in [6, 6.07) is 6.11. The minimum Gasteiger partial charge on any atom is -0.376 e. The number of halogens is 1. The minimum absolute atomic E-state index is 0.0198. The van der Waals surface area contributed by atoms with Crippen LogP contribution >= 0.6 is 0 Å². The number of nitrogens with one attached hydrogen (secondary N) is 2. The molecule has 5 heteroatoms. The molecule has 16 heavy (non-hydrogen) atoms. The average molecular weight is 221 g/mol. The molecule has 0 spiro atoms. The Labute approximate surface area is 93.1 Å². The Bertz CT molecular complexity index is 426. The van der Waals surface area contributed by atoms with Gasteiger partial charge in [-0.1, -0.05) is 6.07 Å². The van der Waals surface area contributed by atoms with Crippen molar-refractivity contribution in [2.45, 2.75) is 6.92 Å². The van der Waals surface area contributed by atoms with E-state index in [-0.39, 0.29) is 24.8 Å². The molecule has 1 aromatic rings. The monoisotopic (exact) mass is 221 g/mol. The van der Waals surface area contributed by atoms with Gasteiger partial charge in [-0.25, -0.2) is 4.39 Å². The molecule has 0 saturated carbocycles. The van der Waals surface area contributed by atoms with E-state index < -0.39 is 0 Å². The third-order valence-electron chi connectivity index (χ3n) is 2.00. The second kappa shape index (κ2) is 5.71. The van der Waals surface area contributed by atoms with Crippen LogP contribution in [-0.2, 0) is 4.79 Å². The van der Waals surface area contributed by atoms with Crippen LogP contribution in [0.2, 0.25) is 0 Å². The fourth-order valence-electron chi connectivity index (χ4n) is 1.16. The SMILES string of the molecule is Cc1ccc(F)cc1NCC(=O)NCC#N. The molecular formula is C11H12FN3O. The first-order valence-corrected chi connectivity index (χ1v) is 4.77. The van der Waals surface area contributed by atoms with Gasteiger partial charge in [0.15, 0.2) is 0 Å². The second-order valence-electron chi connectivity index (χ2n) is 3.25. The summed E-state index contributed by atoms with van der Waals surface area (Å²) < 4.78 is 12.9. The Morgan fingerprint density at radius 2 is 2.31 bits per heavy atom. The molecular weight excluding hydrogens is 209 g/mol. The number of rotatable bonds is 4. The zero-order valence-electron chi connectivity index (χ0n) is 8.88. The van der Waals surface area contributed by atoms with E-state index in [9.17, 15) is 9.18 Å². The largest absolute Gasteiger partial charge is 0.376 e. The van der Waals surface area contributed by atoms with Crippen molar-refractivity contribution in [1.29, 1.82) is 5.26 Å². The Morgan fingerprint density at radius 3 is 3.00 bits per heavy atom. The lowest BCUT2D eigenvalue weighted by Gasteiger charge is -2.08. The van der Waals surface area contributed by atoms with E-state index in [0.717, 1.165) is 5.56 Å². The summed E-state index contributed by atoms with van der Waals surface area (Å²) in [7, 11) is 0. The van der Waals surface area contributed by atoms with Crippen molar-refractivity contribution in [3.63, 3.8) is 0 Å². The van der Waals surface area contributed by atoms with Gasteiger partial charge in [-0.05, 0) is 24.6 Å². The van der Waals surface area contributed by atoms with Gasteiger partial charge in [0.05, 0.1) is 12.6 Å². The van der Waals surface area contributed by atoms with E-state index in [2.05, 4.69) is 10.6 Å². The molecule has 0 heterocycles. The second-order valence-corrected chi connectivity index (χ2v) is 3.25. The molecule has 0 atom stereocenters. The van der Waals surface area contributed by atoms with Crippen LogP contribution < -0.4 is 10.6 Å². The Morgan fingerprint density at radius 1 is 1.56 bits per heavy atom. The number of hydrogen-bond donors (Lipinski definition) is 2. The molecule has 4 nitrogen and oxygen atoms in total. The maximum absolute atomic E-state index is 12.9. The first-order valence-electron chi connectivity index (χ1n) is 4.77. The van der Waals surface area contributed by atoms with E-state index >= 15 is 0 Å². The van der Waals surface area contributed by atoms with Gasteiger partial charge in [-0.3, -0.25) is 4.79 Å². The van der Waals surface area contributed by atoms with Crippen LogP contribution in [0.3, 0.4) is 0 Å². The summed E-state index contributed by atoms with van der Waals surface area (Å²) in [4.78, 5) is 11.2. The van der Waals surface area contributed by atoms with Gasteiger partial charge < -0.3 is 10.6 Å². The molecule has 0 fully saturated rings. The Balaban J connectivity index is 2.51. The van der Waals surface area contributed by atoms with Gasteiger partial charge in [0.1, 0.15) is 12.4 Å². The summed E-state index contributed by atoms with van der Waals surface area (Å²) in [6.07, 6.45) is 0. The van der Waals surface area contributed by atoms with Gasteiger partial charge in [0, 0.05) is 5.69 Å². The van der Waals surface area contributed by atoms with Gasteiger partial charge in [-0.15, -0.1) is 0 Å². The number of anilines is 1. The molecule has 0 saturated heterocycles. The minimum atomic E-state index is -0.356. The smallest absolute Gasteiger partial charge is 0.240 e. The number of hydrogen-bond acceptors (Lipinski definition) is 3. The fraction of sp³-hybridized carbons (Fsp3) is 0.273. The standard InChI is InChI=1S/C11H12FN3O/c1-8-2-3-9(12)6-10(8)15-7-11(16)14-5-4-13/h2-3,6,15H,5,7H2,1H3,(H,14,16). The molecule has 0 bridgehead atoms. The quantitative estimate of drug-likeness (QED) is 0.750. The lowest BCUT2D eigenvalue weighted by Crippen LogP contribution is -2.30. The highest BCUT2D eigenvalue weighted by Gasteiger charge is 2.03. The van der Waals surface area contributed by atoms with Crippen molar-refractivity contribution in [3.05, 3.63) is 29.6 Å². The summed E-state index contributed by atoms with van der Waals surface area (Å²) in [5.41, 5.74) is 1.43. The summed E-state index contributed by atoms with van der Waals surface area (Å²) >= 11 is 0. The van der Waals surface area contributed by atoms with E-state index in [4.69, 9.17) is 5.26 Å². The van der Waals surface area contributed by atoms with Crippen LogP contribution in [0.1, 0.15) is 5.56 Å². The predicted molar refractivity (Wildman–Crippen MR) is 58.2 cm³/mol. The van der Waals surface area contributed by atoms with Crippen LogP contribution in [0.5, 0.6) is 0 Å². The van der Waals surface area contributed by atoms with Crippen LogP contribution in [0, 0.1) is 24.1 Å². The van der Waals surface area contributed by atoms with Crippen LogP contribution in [0.4, 0.5) is 10.1 Å². The van der Waals surface area contributed by atoms with Gasteiger partial charge in [0.25, 0.3) is 0 Å². The molecule has 0 radical (unpaired) electrons. The van der Waals surface area contributed by atoms with Gasteiger partial charge in [-0.2, -0.15) is 5.26 Å². The van der Waals surface area contributed by atoms with E-state index in [1.807, 2.05) is 6.92 Å². The van der Waals surface area contributed by atoms with Crippen LogP contribution in [0.25, 0.3) is 0 Å². The molecule has 1 amide bonds. The lowest BCUT2D eigenvalue weighted by molar-refractivity contribution is -0.119. The number of carbonyl (C=O) groups is 1. The Hall–Kier alpha value is -2.09. The molecule has 84 valence electrons. The predicted octanol–water partition coefficient (Wildman–Crippen LogP) is 1.19. The van der Waals surface area contributed by atoms with Crippen LogP contribution in [0.15, 0.2) is 18.2 Å². The zero-order valence-corrected chi connectivity index (χ0v) is 8.88. The highest BCUT2D eigenvalue weighted by atomic mass is 19.1. The molecule has 2 N–H and O–H groups in total. The molecule has 0 aliphatic carbocycles. The number of nitrogens with zero attached hydrogens (tertiary/aromatic N) is 1. The maximum atomic E-state index is 12.9. The molecule has 0 unspecified atom stereocenters. The number of nitriles is 1. The van der Waals surface area contributed by atoms with Crippen molar-refractivity contribution in [2.24, 2.45) is 0 Å².